The fourth-order valence-electron chi connectivity index (χ4n) is 2.58. The third kappa shape index (κ3) is 3.43. The summed E-state index contributed by atoms with van der Waals surface area (Å²) in [5.74, 6) is 0.383. The Balaban J connectivity index is 1.82. The van der Waals surface area contributed by atoms with Crippen LogP contribution in [0.3, 0.4) is 0 Å². The first kappa shape index (κ1) is 13.8. The molecule has 0 aromatic carbocycles. The third-order valence-electron chi connectivity index (χ3n) is 4.10. The second-order valence-corrected chi connectivity index (χ2v) is 5.64. The van der Waals surface area contributed by atoms with E-state index in [1.165, 1.54) is 7.11 Å². The molecule has 0 aromatic heterocycles. The van der Waals surface area contributed by atoms with E-state index in [0.717, 1.165) is 39.0 Å². The lowest BCUT2D eigenvalue weighted by Gasteiger charge is -2.38. The molecule has 1 saturated heterocycles. The Kier molecular flexibility index (Phi) is 4.59. The predicted octanol–water partition coefficient (Wildman–Crippen LogP) is -0.227. The van der Waals surface area contributed by atoms with Crippen LogP contribution in [0.25, 0.3) is 0 Å². The van der Waals surface area contributed by atoms with E-state index in [1.807, 2.05) is 0 Å². The van der Waals surface area contributed by atoms with E-state index in [1.54, 1.807) is 0 Å². The molecule has 1 heterocycles. The molecule has 2 rings (SSSR count). The van der Waals surface area contributed by atoms with Crippen molar-refractivity contribution in [1.82, 2.24) is 15.1 Å². The van der Waals surface area contributed by atoms with Gasteiger partial charge >= 0.3 is 5.97 Å². The summed E-state index contributed by atoms with van der Waals surface area (Å²) in [6.07, 6.45) is 2.29. The highest BCUT2D eigenvalue weighted by Crippen LogP contribution is 2.33. The number of piperazine rings is 1. The van der Waals surface area contributed by atoms with E-state index in [2.05, 4.69) is 29.2 Å². The minimum Gasteiger partial charge on any atom is -0.468 e. The largest absolute Gasteiger partial charge is 0.468 e. The van der Waals surface area contributed by atoms with E-state index >= 15 is 0 Å². The number of nitrogens with zero attached hydrogens (tertiary/aromatic N) is 2. The predicted molar refractivity (Wildman–Crippen MR) is 70.4 cm³/mol. The SMILES string of the molecule is COC(=O)C(NCC1CN(C)CCN1C)C1CC1. The minimum atomic E-state index is -0.107. The van der Waals surface area contributed by atoms with E-state index in [4.69, 9.17) is 4.74 Å². The van der Waals surface area contributed by atoms with Gasteiger partial charge in [0.1, 0.15) is 6.04 Å². The second kappa shape index (κ2) is 5.99. The molecule has 0 spiro atoms. The van der Waals surface area contributed by atoms with Gasteiger partial charge in [0.2, 0.25) is 0 Å². The van der Waals surface area contributed by atoms with Crippen molar-refractivity contribution in [2.24, 2.45) is 5.92 Å². The average molecular weight is 255 g/mol. The Morgan fingerprint density at radius 1 is 1.39 bits per heavy atom. The molecule has 0 radical (unpaired) electrons. The molecule has 5 nitrogen and oxygen atoms in total. The number of carbonyl (C=O) groups excluding carboxylic acids is 1. The van der Waals surface area contributed by atoms with Crippen LogP contribution >= 0.6 is 0 Å². The lowest BCUT2D eigenvalue weighted by molar-refractivity contribution is -0.143. The molecule has 1 aliphatic heterocycles. The number of hydrogen-bond donors (Lipinski definition) is 1. The maximum absolute atomic E-state index is 11.7. The number of rotatable bonds is 5. The molecule has 2 fully saturated rings. The molecule has 2 atom stereocenters. The molecule has 104 valence electrons. The molecule has 18 heavy (non-hydrogen) atoms. The summed E-state index contributed by atoms with van der Waals surface area (Å²) in [4.78, 5) is 16.4. The average Bonchev–Trinajstić information content (AvgIpc) is 3.17. The second-order valence-electron chi connectivity index (χ2n) is 5.64. The number of likely N-dealkylation sites (N-methyl/N-ethyl adjacent to an activating group) is 2. The van der Waals surface area contributed by atoms with Gasteiger partial charge in [-0.3, -0.25) is 9.69 Å². The van der Waals surface area contributed by atoms with Crippen molar-refractivity contribution in [3.63, 3.8) is 0 Å². The molecule has 0 aromatic rings. The fraction of sp³-hybridized carbons (Fsp3) is 0.923. The molecule has 2 aliphatic rings. The summed E-state index contributed by atoms with van der Waals surface area (Å²) >= 11 is 0. The van der Waals surface area contributed by atoms with Gasteiger partial charge in [-0.2, -0.15) is 0 Å². The smallest absolute Gasteiger partial charge is 0.323 e. The maximum Gasteiger partial charge on any atom is 0.323 e. The summed E-state index contributed by atoms with van der Waals surface area (Å²) < 4.78 is 4.88. The zero-order valence-corrected chi connectivity index (χ0v) is 11.7. The number of carbonyl (C=O) groups is 1. The first-order valence-electron chi connectivity index (χ1n) is 6.82. The van der Waals surface area contributed by atoms with Gasteiger partial charge in [0.05, 0.1) is 7.11 Å². The van der Waals surface area contributed by atoms with Crippen molar-refractivity contribution in [2.45, 2.75) is 24.9 Å². The fourth-order valence-corrected chi connectivity index (χ4v) is 2.58. The van der Waals surface area contributed by atoms with Crippen LogP contribution in [0.5, 0.6) is 0 Å². The lowest BCUT2D eigenvalue weighted by Crippen LogP contribution is -2.55. The topological polar surface area (TPSA) is 44.8 Å². The van der Waals surface area contributed by atoms with Crippen molar-refractivity contribution >= 4 is 5.97 Å². The van der Waals surface area contributed by atoms with Crippen molar-refractivity contribution < 1.29 is 9.53 Å². The number of esters is 1. The maximum atomic E-state index is 11.7. The Morgan fingerprint density at radius 2 is 2.11 bits per heavy atom. The van der Waals surface area contributed by atoms with Gasteiger partial charge in [0.25, 0.3) is 0 Å². The summed E-state index contributed by atoms with van der Waals surface area (Å²) in [5, 5.41) is 3.41. The Labute approximate surface area is 109 Å². The van der Waals surface area contributed by atoms with Crippen LogP contribution in [-0.2, 0) is 9.53 Å². The van der Waals surface area contributed by atoms with Crippen molar-refractivity contribution in [3.05, 3.63) is 0 Å². The first-order valence-corrected chi connectivity index (χ1v) is 6.82. The molecule has 5 heteroatoms. The van der Waals surface area contributed by atoms with Gasteiger partial charge in [-0.15, -0.1) is 0 Å². The summed E-state index contributed by atoms with van der Waals surface area (Å²) in [6.45, 7) is 4.13. The standard InChI is InChI=1S/C13H25N3O2/c1-15-6-7-16(2)11(9-15)8-14-12(10-4-5-10)13(17)18-3/h10-12,14H,4-9H2,1-3H3. The van der Waals surface area contributed by atoms with Gasteiger partial charge in [0.15, 0.2) is 0 Å². The molecule has 0 amide bonds. The minimum absolute atomic E-state index is 0.101. The van der Waals surface area contributed by atoms with E-state index in [-0.39, 0.29) is 12.0 Å². The van der Waals surface area contributed by atoms with Crippen molar-refractivity contribution in [1.29, 1.82) is 0 Å². The third-order valence-corrected chi connectivity index (χ3v) is 4.10. The van der Waals surface area contributed by atoms with Crippen LogP contribution in [-0.4, -0.2) is 75.2 Å². The van der Waals surface area contributed by atoms with Gasteiger partial charge in [-0.05, 0) is 32.9 Å². The van der Waals surface area contributed by atoms with Crippen LogP contribution in [0.2, 0.25) is 0 Å². The highest BCUT2D eigenvalue weighted by atomic mass is 16.5. The quantitative estimate of drug-likeness (QED) is 0.688. The van der Waals surface area contributed by atoms with Gasteiger partial charge in [0, 0.05) is 32.2 Å². The van der Waals surface area contributed by atoms with E-state index in [0.29, 0.717) is 12.0 Å². The Bertz CT molecular complexity index is 294. The summed E-state index contributed by atoms with van der Waals surface area (Å²) in [7, 11) is 5.78. The zero-order chi connectivity index (χ0) is 13.1. The van der Waals surface area contributed by atoms with Gasteiger partial charge < -0.3 is 15.0 Å². The Morgan fingerprint density at radius 3 is 2.72 bits per heavy atom. The monoisotopic (exact) mass is 255 g/mol. The highest BCUT2D eigenvalue weighted by Gasteiger charge is 2.37. The lowest BCUT2D eigenvalue weighted by atomic mass is 10.1. The highest BCUT2D eigenvalue weighted by molar-refractivity contribution is 5.76. The molecular weight excluding hydrogens is 230 g/mol. The zero-order valence-electron chi connectivity index (χ0n) is 11.7. The van der Waals surface area contributed by atoms with Crippen LogP contribution in [0.1, 0.15) is 12.8 Å². The number of nitrogens with one attached hydrogen (secondary N) is 1. The summed E-state index contributed by atoms with van der Waals surface area (Å²) in [5.41, 5.74) is 0. The molecular formula is C13H25N3O2. The Hall–Kier alpha value is -0.650. The molecule has 1 N–H and O–H groups in total. The number of ether oxygens (including phenoxy) is 1. The number of hydrogen-bond acceptors (Lipinski definition) is 5. The van der Waals surface area contributed by atoms with Crippen LogP contribution in [0, 0.1) is 5.92 Å². The molecule has 1 aliphatic carbocycles. The molecule has 2 unspecified atom stereocenters. The van der Waals surface area contributed by atoms with E-state index < -0.39 is 0 Å². The van der Waals surface area contributed by atoms with Crippen molar-refractivity contribution in [3.8, 4) is 0 Å². The molecule has 1 saturated carbocycles. The summed E-state index contributed by atoms with van der Waals surface area (Å²) in [6, 6.07) is 0.380. The number of methoxy groups -OCH3 is 1. The first-order chi connectivity index (χ1) is 8.61. The van der Waals surface area contributed by atoms with Crippen molar-refractivity contribution in [2.75, 3.05) is 47.4 Å². The van der Waals surface area contributed by atoms with Crippen LogP contribution < -0.4 is 5.32 Å². The van der Waals surface area contributed by atoms with Crippen LogP contribution in [0.15, 0.2) is 0 Å². The molecule has 0 bridgehead atoms. The van der Waals surface area contributed by atoms with Gasteiger partial charge in [-0.25, -0.2) is 0 Å². The van der Waals surface area contributed by atoms with Gasteiger partial charge in [-0.1, -0.05) is 0 Å². The normalized spacial score (nSPS) is 28.1. The van der Waals surface area contributed by atoms with Crippen LogP contribution in [0.4, 0.5) is 0 Å². The van der Waals surface area contributed by atoms with E-state index in [9.17, 15) is 4.79 Å².